The summed E-state index contributed by atoms with van der Waals surface area (Å²) in [5.41, 5.74) is 6.66. The number of pyridine rings is 1. The average molecular weight is 232 g/mol. The normalized spacial score (nSPS) is 24.4. The zero-order valence-corrected chi connectivity index (χ0v) is 10.1. The highest BCUT2D eigenvalue weighted by molar-refractivity contribution is 5.59. The summed E-state index contributed by atoms with van der Waals surface area (Å²) in [6.45, 7) is 5.53. The summed E-state index contributed by atoms with van der Waals surface area (Å²) >= 11 is 0. The summed E-state index contributed by atoms with van der Waals surface area (Å²) in [7, 11) is 0. The standard InChI is InChI=1S/C12H16N4O/c1-8-6-16(7-9(2)17-8)12-10(4-13)3-11(14)5-15-12/h3,5,8-9H,6-7,14H2,1-2H3/t8-,9+. The zero-order valence-electron chi connectivity index (χ0n) is 10.1. The fraction of sp³-hybridized carbons (Fsp3) is 0.500. The van der Waals surface area contributed by atoms with Gasteiger partial charge in [0.15, 0.2) is 0 Å². The van der Waals surface area contributed by atoms with Crippen LogP contribution in [0.3, 0.4) is 0 Å². The molecule has 0 amide bonds. The van der Waals surface area contributed by atoms with Gasteiger partial charge in [-0.1, -0.05) is 0 Å². The molecular formula is C12H16N4O. The van der Waals surface area contributed by atoms with Crippen LogP contribution in [0.5, 0.6) is 0 Å². The maximum Gasteiger partial charge on any atom is 0.146 e. The van der Waals surface area contributed by atoms with Gasteiger partial charge in [-0.15, -0.1) is 0 Å². The Hall–Kier alpha value is -1.80. The molecule has 0 radical (unpaired) electrons. The van der Waals surface area contributed by atoms with Crippen LogP contribution in [0, 0.1) is 11.3 Å². The van der Waals surface area contributed by atoms with Gasteiger partial charge in [-0.25, -0.2) is 4.98 Å². The van der Waals surface area contributed by atoms with Gasteiger partial charge in [0, 0.05) is 13.1 Å². The van der Waals surface area contributed by atoms with Crippen LogP contribution in [0.15, 0.2) is 12.3 Å². The van der Waals surface area contributed by atoms with Gasteiger partial charge in [-0.3, -0.25) is 0 Å². The van der Waals surface area contributed by atoms with Gasteiger partial charge in [0.05, 0.1) is 29.7 Å². The van der Waals surface area contributed by atoms with Gasteiger partial charge >= 0.3 is 0 Å². The van der Waals surface area contributed by atoms with Gasteiger partial charge in [-0.05, 0) is 19.9 Å². The molecule has 2 N–H and O–H groups in total. The third kappa shape index (κ3) is 2.48. The second-order valence-corrected chi connectivity index (χ2v) is 4.41. The highest BCUT2D eigenvalue weighted by Crippen LogP contribution is 2.23. The summed E-state index contributed by atoms with van der Waals surface area (Å²) in [6.07, 6.45) is 1.87. The topological polar surface area (TPSA) is 75.2 Å². The van der Waals surface area contributed by atoms with Crippen molar-refractivity contribution in [1.29, 1.82) is 5.26 Å². The first kappa shape index (κ1) is 11.7. The van der Waals surface area contributed by atoms with Crippen molar-refractivity contribution in [3.63, 3.8) is 0 Å². The second-order valence-electron chi connectivity index (χ2n) is 4.41. The van der Waals surface area contributed by atoms with Gasteiger partial charge in [0.1, 0.15) is 11.9 Å². The molecule has 0 aliphatic carbocycles. The number of nitrogens with two attached hydrogens (primary N) is 1. The van der Waals surface area contributed by atoms with Crippen LogP contribution in [0.2, 0.25) is 0 Å². The molecule has 0 bridgehead atoms. The molecule has 0 unspecified atom stereocenters. The molecule has 1 fully saturated rings. The van der Waals surface area contributed by atoms with Crippen molar-refractivity contribution in [3.8, 4) is 6.07 Å². The third-order valence-corrected chi connectivity index (χ3v) is 2.73. The van der Waals surface area contributed by atoms with E-state index in [0.717, 1.165) is 13.1 Å². The molecule has 5 nitrogen and oxygen atoms in total. The van der Waals surface area contributed by atoms with Crippen molar-refractivity contribution in [2.75, 3.05) is 23.7 Å². The third-order valence-electron chi connectivity index (χ3n) is 2.73. The van der Waals surface area contributed by atoms with Gasteiger partial charge in [-0.2, -0.15) is 5.26 Å². The van der Waals surface area contributed by atoms with Crippen molar-refractivity contribution in [3.05, 3.63) is 17.8 Å². The van der Waals surface area contributed by atoms with Crippen LogP contribution >= 0.6 is 0 Å². The average Bonchev–Trinajstić information content (AvgIpc) is 2.27. The van der Waals surface area contributed by atoms with Crippen LogP contribution in [-0.2, 0) is 4.74 Å². The van der Waals surface area contributed by atoms with E-state index < -0.39 is 0 Å². The van der Waals surface area contributed by atoms with Crippen LogP contribution in [0.1, 0.15) is 19.4 Å². The molecule has 0 saturated carbocycles. The van der Waals surface area contributed by atoms with E-state index >= 15 is 0 Å². The van der Waals surface area contributed by atoms with E-state index in [2.05, 4.69) is 16.0 Å². The lowest BCUT2D eigenvalue weighted by Gasteiger charge is -2.36. The van der Waals surface area contributed by atoms with E-state index in [4.69, 9.17) is 15.7 Å². The number of nitrogen functional groups attached to an aromatic ring is 1. The monoisotopic (exact) mass is 232 g/mol. The van der Waals surface area contributed by atoms with E-state index in [0.29, 0.717) is 17.1 Å². The van der Waals surface area contributed by atoms with Gasteiger partial charge < -0.3 is 15.4 Å². The zero-order chi connectivity index (χ0) is 12.4. The van der Waals surface area contributed by atoms with Crippen molar-refractivity contribution in [1.82, 2.24) is 4.98 Å². The molecule has 0 spiro atoms. The summed E-state index contributed by atoms with van der Waals surface area (Å²) in [5, 5.41) is 9.10. The number of ether oxygens (including phenoxy) is 1. The molecule has 0 aromatic carbocycles. The Balaban J connectivity index is 2.30. The lowest BCUT2D eigenvalue weighted by atomic mass is 10.2. The molecule has 17 heavy (non-hydrogen) atoms. The fourth-order valence-corrected chi connectivity index (χ4v) is 2.16. The van der Waals surface area contributed by atoms with E-state index in [1.165, 1.54) is 0 Å². The highest BCUT2D eigenvalue weighted by Gasteiger charge is 2.24. The quantitative estimate of drug-likeness (QED) is 0.786. The lowest BCUT2D eigenvalue weighted by Crippen LogP contribution is -2.46. The molecule has 5 heteroatoms. The summed E-state index contributed by atoms with van der Waals surface area (Å²) in [6, 6.07) is 3.80. The summed E-state index contributed by atoms with van der Waals surface area (Å²) < 4.78 is 5.66. The number of nitriles is 1. The maximum atomic E-state index is 9.10. The number of rotatable bonds is 1. The minimum atomic E-state index is 0.143. The first-order valence-electron chi connectivity index (χ1n) is 5.66. The molecular weight excluding hydrogens is 216 g/mol. The molecule has 90 valence electrons. The Morgan fingerprint density at radius 3 is 2.71 bits per heavy atom. The minimum absolute atomic E-state index is 0.143. The Labute approximate surface area is 101 Å². The molecule has 1 aliphatic heterocycles. The predicted molar refractivity (Wildman–Crippen MR) is 65.6 cm³/mol. The molecule has 1 aliphatic rings. The number of aromatic nitrogens is 1. The van der Waals surface area contributed by atoms with Crippen LogP contribution in [0.25, 0.3) is 0 Å². The SMILES string of the molecule is C[C@@H]1CN(c2ncc(N)cc2C#N)C[C@H](C)O1. The second kappa shape index (κ2) is 4.60. The fourth-order valence-electron chi connectivity index (χ4n) is 2.16. The smallest absolute Gasteiger partial charge is 0.146 e. The first-order valence-corrected chi connectivity index (χ1v) is 5.66. The summed E-state index contributed by atoms with van der Waals surface area (Å²) in [5.74, 6) is 0.698. The van der Waals surface area contributed by atoms with E-state index in [1.807, 2.05) is 13.8 Å². The van der Waals surface area contributed by atoms with Crippen LogP contribution in [-0.4, -0.2) is 30.3 Å². The Morgan fingerprint density at radius 2 is 2.12 bits per heavy atom. The van der Waals surface area contributed by atoms with Crippen molar-refractivity contribution >= 4 is 11.5 Å². The number of hydrogen-bond donors (Lipinski definition) is 1. The van der Waals surface area contributed by atoms with E-state index in [1.54, 1.807) is 12.3 Å². The number of anilines is 2. The molecule has 1 aromatic rings. The van der Waals surface area contributed by atoms with Crippen LogP contribution < -0.4 is 10.6 Å². The van der Waals surface area contributed by atoms with Crippen molar-refractivity contribution < 1.29 is 4.74 Å². The molecule has 2 heterocycles. The maximum absolute atomic E-state index is 9.10. The molecule has 2 rings (SSSR count). The largest absolute Gasteiger partial charge is 0.397 e. The molecule has 1 aromatic heterocycles. The first-order chi connectivity index (χ1) is 8.10. The lowest BCUT2D eigenvalue weighted by molar-refractivity contribution is -0.00546. The number of hydrogen-bond acceptors (Lipinski definition) is 5. The van der Waals surface area contributed by atoms with E-state index in [9.17, 15) is 0 Å². The van der Waals surface area contributed by atoms with Crippen LogP contribution in [0.4, 0.5) is 11.5 Å². The minimum Gasteiger partial charge on any atom is -0.397 e. The van der Waals surface area contributed by atoms with Crippen molar-refractivity contribution in [2.45, 2.75) is 26.1 Å². The number of morpholine rings is 1. The Bertz CT molecular complexity index is 444. The predicted octanol–water partition coefficient (Wildman–Crippen LogP) is 1.15. The number of nitrogens with zero attached hydrogens (tertiary/aromatic N) is 3. The van der Waals surface area contributed by atoms with Gasteiger partial charge in [0.25, 0.3) is 0 Å². The molecule has 2 atom stereocenters. The van der Waals surface area contributed by atoms with E-state index in [-0.39, 0.29) is 12.2 Å². The summed E-state index contributed by atoms with van der Waals surface area (Å²) in [4.78, 5) is 6.34. The van der Waals surface area contributed by atoms with Gasteiger partial charge in [0.2, 0.25) is 0 Å². The highest BCUT2D eigenvalue weighted by atomic mass is 16.5. The molecule has 1 saturated heterocycles. The Kier molecular flexibility index (Phi) is 3.16. The Morgan fingerprint density at radius 1 is 1.47 bits per heavy atom. The van der Waals surface area contributed by atoms with Crippen molar-refractivity contribution in [2.24, 2.45) is 0 Å².